The molecule has 7 heteroatoms. The van der Waals surface area contributed by atoms with Crippen LogP contribution in [0.2, 0.25) is 0 Å². The number of nitrogens with one attached hydrogen (secondary N) is 1. The van der Waals surface area contributed by atoms with Gasteiger partial charge in [-0.15, -0.1) is 0 Å². The van der Waals surface area contributed by atoms with Crippen molar-refractivity contribution in [1.29, 1.82) is 0 Å². The lowest BCUT2D eigenvalue weighted by Gasteiger charge is -2.25. The van der Waals surface area contributed by atoms with Gasteiger partial charge >= 0.3 is 0 Å². The molecule has 2 aromatic rings. The number of ether oxygens (including phenoxy) is 2. The molecule has 1 amide bonds. The first-order chi connectivity index (χ1) is 11.2. The van der Waals surface area contributed by atoms with E-state index < -0.39 is 0 Å². The molecule has 0 radical (unpaired) electrons. The van der Waals surface area contributed by atoms with Crippen molar-refractivity contribution < 1.29 is 14.3 Å². The molecule has 7 nitrogen and oxygen atoms in total. The number of aryl methyl sites for hydroxylation is 1. The third-order valence-corrected chi connectivity index (χ3v) is 4.00. The van der Waals surface area contributed by atoms with Crippen molar-refractivity contribution in [3.8, 4) is 11.5 Å². The molecule has 0 saturated heterocycles. The van der Waals surface area contributed by atoms with E-state index >= 15 is 0 Å². The molecule has 1 aliphatic rings. The third-order valence-electron chi connectivity index (χ3n) is 4.00. The van der Waals surface area contributed by atoms with Gasteiger partial charge < -0.3 is 14.8 Å². The van der Waals surface area contributed by atoms with E-state index in [1.165, 1.54) is 6.33 Å². The van der Waals surface area contributed by atoms with E-state index in [0.717, 1.165) is 17.1 Å². The Morgan fingerprint density at radius 1 is 1.52 bits per heavy atom. The van der Waals surface area contributed by atoms with Gasteiger partial charge in [0.05, 0.1) is 13.0 Å². The Kier molecular flexibility index (Phi) is 4.45. The molecule has 0 fully saturated rings. The van der Waals surface area contributed by atoms with Crippen molar-refractivity contribution in [2.24, 2.45) is 13.0 Å². The number of nitrogens with zero attached hydrogens (tertiary/aromatic N) is 3. The van der Waals surface area contributed by atoms with Gasteiger partial charge in [-0.2, -0.15) is 5.10 Å². The molecule has 23 heavy (non-hydrogen) atoms. The van der Waals surface area contributed by atoms with Crippen LogP contribution in [0.5, 0.6) is 11.5 Å². The van der Waals surface area contributed by atoms with E-state index in [4.69, 9.17) is 9.47 Å². The minimum atomic E-state index is -0.186. The third kappa shape index (κ3) is 3.28. The summed E-state index contributed by atoms with van der Waals surface area (Å²) in [7, 11) is 3.45. The minimum absolute atomic E-state index is 0.000591. The van der Waals surface area contributed by atoms with Crippen LogP contribution in [0.4, 0.5) is 0 Å². The molecule has 2 heterocycles. The summed E-state index contributed by atoms with van der Waals surface area (Å²) >= 11 is 0. The molecule has 1 atom stereocenters. The number of benzene rings is 1. The van der Waals surface area contributed by atoms with Crippen LogP contribution < -0.4 is 14.8 Å². The fourth-order valence-corrected chi connectivity index (χ4v) is 2.71. The second kappa shape index (κ2) is 6.68. The van der Waals surface area contributed by atoms with Gasteiger partial charge in [0.25, 0.3) is 0 Å². The summed E-state index contributed by atoms with van der Waals surface area (Å²) in [6, 6.07) is 5.74. The van der Waals surface area contributed by atoms with E-state index in [1.54, 1.807) is 11.8 Å². The number of methoxy groups -OCH3 is 1. The number of carbonyl (C=O) groups excluding carboxylic acids is 1. The number of hydrogen-bond acceptors (Lipinski definition) is 5. The van der Waals surface area contributed by atoms with Crippen molar-refractivity contribution in [1.82, 2.24) is 20.1 Å². The first-order valence-corrected chi connectivity index (χ1v) is 7.58. The SMILES string of the molecule is COc1cccc2c1OC[C@H](C(=O)NCCc1ncnn1C)C2. The highest BCUT2D eigenvalue weighted by Crippen LogP contribution is 2.35. The van der Waals surface area contributed by atoms with Crippen molar-refractivity contribution in [2.45, 2.75) is 12.8 Å². The summed E-state index contributed by atoms with van der Waals surface area (Å²) in [5.74, 6) is 2.12. The van der Waals surface area contributed by atoms with E-state index in [1.807, 2.05) is 25.2 Å². The summed E-state index contributed by atoms with van der Waals surface area (Å²) in [6.07, 6.45) is 2.82. The van der Waals surface area contributed by atoms with Gasteiger partial charge in [-0.3, -0.25) is 9.48 Å². The van der Waals surface area contributed by atoms with Gasteiger partial charge in [-0.05, 0) is 18.1 Å². The largest absolute Gasteiger partial charge is 0.493 e. The van der Waals surface area contributed by atoms with Gasteiger partial charge in [0.15, 0.2) is 11.5 Å². The normalized spacial score (nSPS) is 16.3. The second-order valence-electron chi connectivity index (χ2n) is 5.50. The average Bonchev–Trinajstić information content (AvgIpc) is 2.98. The summed E-state index contributed by atoms with van der Waals surface area (Å²) in [5, 5.41) is 6.95. The number of para-hydroxylation sites is 1. The minimum Gasteiger partial charge on any atom is -0.493 e. The number of rotatable bonds is 5. The van der Waals surface area contributed by atoms with Gasteiger partial charge in [0, 0.05) is 20.0 Å². The predicted molar refractivity (Wildman–Crippen MR) is 83.4 cm³/mol. The topological polar surface area (TPSA) is 78.3 Å². The fourth-order valence-electron chi connectivity index (χ4n) is 2.71. The second-order valence-corrected chi connectivity index (χ2v) is 5.50. The molecule has 1 N–H and O–H groups in total. The van der Waals surface area contributed by atoms with E-state index in [2.05, 4.69) is 15.4 Å². The zero-order valence-electron chi connectivity index (χ0n) is 13.3. The Morgan fingerprint density at radius 3 is 3.13 bits per heavy atom. The first-order valence-electron chi connectivity index (χ1n) is 7.58. The van der Waals surface area contributed by atoms with Gasteiger partial charge in [0.1, 0.15) is 18.8 Å². The molecule has 1 aromatic heterocycles. The van der Waals surface area contributed by atoms with Crippen molar-refractivity contribution in [3.05, 3.63) is 35.9 Å². The van der Waals surface area contributed by atoms with Crippen LogP contribution in [0.3, 0.4) is 0 Å². The maximum Gasteiger partial charge on any atom is 0.226 e. The van der Waals surface area contributed by atoms with Gasteiger partial charge in [0.2, 0.25) is 5.91 Å². The van der Waals surface area contributed by atoms with Crippen LogP contribution in [-0.4, -0.2) is 40.9 Å². The molecule has 122 valence electrons. The lowest BCUT2D eigenvalue weighted by molar-refractivity contribution is -0.126. The zero-order valence-corrected chi connectivity index (χ0v) is 13.3. The highest BCUT2D eigenvalue weighted by Gasteiger charge is 2.27. The fraction of sp³-hybridized carbons (Fsp3) is 0.438. The van der Waals surface area contributed by atoms with Gasteiger partial charge in [-0.25, -0.2) is 4.98 Å². The predicted octanol–water partition coefficient (Wildman–Crippen LogP) is 0.734. The number of amides is 1. The highest BCUT2D eigenvalue weighted by molar-refractivity contribution is 5.79. The quantitative estimate of drug-likeness (QED) is 0.880. The van der Waals surface area contributed by atoms with Crippen LogP contribution in [0.1, 0.15) is 11.4 Å². The summed E-state index contributed by atoms with van der Waals surface area (Å²) in [5.41, 5.74) is 1.00. The van der Waals surface area contributed by atoms with Crippen LogP contribution in [0.25, 0.3) is 0 Å². The molecule has 1 aromatic carbocycles. The standard InChI is InChI=1S/C16H20N4O3/c1-20-14(18-10-19-20)6-7-17-16(21)12-8-11-4-3-5-13(22-2)15(11)23-9-12/h3-5,10,12H,6-9H2,1-2H3,(H,17,21)/t12-/m1/s1. The molecule has 0 bridgehead atoms. The number of aromatic nitrogens is 3. The summed E-state index contributed by atoms with van der Waals surface area (Å²) < 4.78 is 12.7. The molecular formula is C16H20N4O3. The Hall–Kier alpha value is -2.57. The van der Waals surface area contributed by atoms with Crippen LogP contribution in [0.15, 0.2) is 24.5 Å². The lowest BCUT2D eigenvalue weighted by atomic mass is 9.95. The number of hydrogen-bond donors (Lipinski definition) is 1. The monoisotopic (exact) mass is 316 g/mol. The Labute approximate surface area is 134 Å². The van der Waals surface area contributed by atoms with E-state index in [9.17, 15) is 4.79 Å². The molecule has 0 saturated carbocycles. The molecule has 0 spiro atoms. The Balaban J connectivity index is 1.56. The first kappa shape index (κ1) is 15.3. The van der Waals surface area contributed by atoms with Crippen LogP contribution in [0, 0.1) is 5.92 Å². The van der Waals surface area contributed by atoms with Gasteiger partial charge in [-0.1, -0.05) is 12.1 Å². The van der Waals surface area contributed by atoms with Crippen molar-refractivity contribution >= 4 is 5.91 Å². The average molecular weight is 316 g/mol. The highest BCUT2D eigenvalue weighted by atomic mass is 16.5. The smallest absolute Gasteiger partial charge is 0.226 e. The number of fused-ring (bicyclic) bond motifs is 1. The van der Waals surface area contributed by atoms with E-state index in [-0.39, 0.29) is 11.8 Å². The summed E-state index contributed by atoms with van der Waals surface area (Å²) in [4.78, 5) is 16.4. The Bertz CT molecular complexity index is 698. The lowest BCUT2D eigenvalue weighted by Crippen LogP contribution is -2.38. The molecule has 3 rings (SSSR count). The molecule has 1 aliphatic heterocycles. The number of carbonyl (C=O) groups is 1. The summed E-state index contributed by atoms with van der Waals surface area (Å²) in [6.45, 7) is 0.899. The maximum atomic E-state index is 12.3. The Morgan fingerprint density at radius 2 is 2.39 bits per heavy atom. The van der Waals surface area contributed by atoms with Crippen LogP contribution >= 0.6 is 0 Å². The van der Waals surface area contributed by atoms with Crippen molar-refractivity contribution in [2.75, 3.05) is 20.3 Å². The maximum absolute atomic E-state index is 12.3. The molecule has 0 unspecified atom stereocenters. The molecule has 0 aliphatic carbocycles. The zero-order chi connectivity index (χ0) is 16.2. The van der Waals surface area contributed by atoms with Crippen molar-refractivity contribution in [3.63, 3.8) is 0 Å². The van der Waals surface area contributed by atoms with Crippen LogP contribution in [-0.2, 0) is 24.7 Å². The molecular weight excluding hydrogens is 296 g/mol. The van der Waals surface area contributed by atoms with E-state index in [0.29, 0.717) is 31.7 Å².